The summed E-state index contributed by atoms with van der Waals surface area (Å²) in [5.74, 6) is 0. The van der Waals surface area contributed by atoms with Crippen LogP contribution in [0.15, 0.2) is 48.5 Å². The SMILES string of the molecule is CCCCCCc1cc2cc[c]c3ccc4cccc1c4c32. The predicted molar refractivity (Wildman–Crippen MR) is 96.8 cm³/mol. The highest BCUT2D eigenvalue weighted by Crippen LogP contribution is 2.36. The Morgan fingerprint density at radius 1 is 0.864 bits per heavy atom. The van der Waals surface area contributed by atoms with Crippen molar-refractivity contribution >= 4 is 32.3 Å². The molecule has 22 heavy (non-hydrogen) atoms. The van der Waals surface area contributed by atoms with E-state index in [4.69, 9.17) is 0 Å². The molecule has 0 heterocycles. The van der Waals surface area contributed by atoms with Crippen molar-refractivity contribution in [2.75, 3.05) is 0 Å². The van der Waals surface area contributed by atoms with Gasteiger partial charge in [-0.1, -0.05) is 74.7 Å². The summed E-state index contributed by atoms with van der Waals surface area (Å²) in [6, 6.07) is 21.2. The minimum absolute atomic E-state index is 1.19. The van der Waals surface area contributed by atoms with Gasteiger partial charge >= 0.3 is 0 Å². The van der Waals surface area contributed by atoms with E-state index in [0.717, 1.165) is 0 Å². The van der Waals surface area contributed by atoms with Gasteiger partial charge in [-0.2, -0.15) is 0 Å². The van der Waals surface area contributed by atoms with Crippen LogP contribution in [0.1, 0.15) is 38.2 Å². The quantitative estimate of drug-likeness (QED) is 0.290. The van der Waals surface area contributed by atoms with Gasteiger partial charge in [0.1, 0.15) is 0 Å². The molecule has 0 spiro atoms. The largest absolute Gasteiger partial charge is 0.0654 e. The molecular formula is C22H21. The molecular weight excluding hydrogens is 264 g/mol. The van der Waals surface area contributed by atoms with E-state index in [1.807, 2.05) is 0 Å². The molecule has 0 N–H and O–H groups in total. The molecule has 0 saturated heterocycles. The first-order valence-corrected chi connectivity index (χ1v) is 8.45. The monoisotopic (exact) mass is 285 g/mol. The summed E-state index contributed by atoms with van der Waals surface area (Å²) >= 11 is 0. The van der Waals surface area contributed by atoms with Gasteiger partial charge in [-0.15, -0.1) is 0 Å². The van der Waals surface area contributed by atoms with Crippen molar-refractivity contribution in [1.29, 1.82) is 0 Å². The van der Waals surface area contributed by atoms with E-state index in [9.17, 15) is 0 Å². The van der Waals surface area contributed by atoms with E-state index < -0.39 is 0 Å². The molecule has 0 unspecified atom stereocenters. The van der Waals surface area contributed by atoms with Crippen molar-refractivity contribution in [3.63, 3.8) is 0 Å². The van der Waals surface area contributed by atoms with Crippen molar-refractivity contribution < 1.29 is 0 Å². The van der Waals surface area contributed by atoms with Gasteiger partial charge in [0.2, 0.25) is 0 Å². The van der Waals surface area contributed by atoms with Crippen LogP contribution in [0, 0.1) is 6.07 Å². The van der Waals surface area contributed by atoms with Gasteiger partial charge in [0.05, 0.1) is 0 Å². The zero-order chi connectivity index (χ0) is 14.9. The molecule has 4 aromatic rings. The molecule has 0 amide bonds. The average Bonchev–Trinajstić information content (AvgIpc) is 2.57. The van der Waals surface area contributed by atoms with Crippen LogP contribution >= 0.6 is 0 Å². The van der Waals surface area contributed by atoms with Crippen LogP contribution in [0.25, 0.3) is 32.3 Å². The van der Waals surface area contributed by atoms with E-state index in [2.05, 4.69) is 61.5 Å². The Hall–Kier alpha value is -2.08. The van der Waals surface area contributed by atoms with Gasteiger partial charge in [-0.05, 0) is 56.8 Å². The Morgan fingerprint density at radius 3 is 2.73 bits per heavy atom. The highest BCUT2D eigenvalue weighted by atomic mass is 14.1. The maximum absolute atomic E-state index is 3.39. The van der Waals surface area contributed by atoms with E-state index in [0.29, 0.717) is 0 Å². The van der Waals surface area contributed by atoms with Crippen molar-refractivity contribution in [3.05, 3.63) is 60.2 Å². The maximum Gasteiger partial charge on any atom is -0.00204 e. The summed E-state index contributed by atoms with van der Waals surface area (Å²) in [6.45, 7) is 2.27. The highest BCUT2D eigenvalue weighted by molar-refractivity contribution is 6.23. The third-order valence-corrected chi connectivity index (χ3v) is 4.81. The molecule has 109 valence electrons. The van der Waals surface area contributed by atoms with Gasteiger partial charge in [0.15, 0.2) is 0 Å². The van der Waals surface area contributed by atoms with Crippen LogP contribution in [-0.2, 0) is 6.42 Å². The summed E-state index contributed by atoms with van der Waals surface area (Å²) in [6.07, 6.45) is 6.46. The molecule has 0 aliphatic carbocycles. The van der Waals surface area contributed by atoms with Crippen LogP contribution in [-0.4, -0.2) is 0 Å². The standard InChI is InChI=1S/C22H21/c1-2-3-4-5-8-18-15-19-11-6-9-16-13-14-17-10-7-12-20(18)22(17)21(16)19/h6-7,10-15H,2-5,8H2,1H3. The molecule has 1 radical (unpaired) electrons. The van der Waals surface area contributed by atoms with Crippen molar-refractivity contribution in [3.8, 4) is 0 Å². The second-order valence-electron chi connectivity index (χ2n) is 6.31. The first kappa shape index (κ1) is 13.6. The minimum Gasteiger partial charge on any atom is -0.0654 e. The number of aryl methyl sites for hydroxylation is 1. The number of unbranched alkanes of at least 4 members (excludes halogenated alkanes) is 3. The molecule has 4 rings (SSSR count). The zero-order valence-electron chi connectivity index (χ0n) is 13.2. The fourth-order valence-electron chi connectivity index (χ4n) is 3.71. The summed E-state index contributed by atoms with van der Waals surface area (Å²) in [7, 11) is 0. The van der Waals surface area contributed by atoms with Gasteiger partial charge in [-0.25, -0.2) is 0 Å². The third-order valence-electron chi connectivity index (χ3n) is 4.81. The summed E-state index contributed by atoms with van der Waals surface area (Å²) in [5, 5.41) is 8.20. The molecule has 0 aliphatic rings. The predicted octanol–water partition coefficient (Wildman–Crippen LogP) is 6.51. The summed E-state index contributed by atoms with van der Waals surface area (Å²) in [4.78, 5) is 0. The minimum atomic E-state index is 1.19. The lowest BCUT2D eigenvalue weighted by atomic mass is 9.90. The van der Waals surface area contributed by atoms with Crippen LogP contribution in [0.2, 0.25) is 0 Å². The Balaban J connectivity index is 1.92. The second-order valence-corrected chi connectivity index (χ2v) is 6.31. The van der Waals surface area contributed by atoms with E-state index in [-0.39, 0.29) is 0 Å². The van der Waals surface area contributed by atoms with E-state index in [1.54, 1.807) is 0 Å². The van der Waals surface area contributed by atoms with Crippen LogP contribution in [0.5, 0.6) is 0 Å². The molecule has 0 nitrogen and oxygen atoms in total. The topological polar surface area (TPSA) is 0 Å². The van der Waals surface area contributed by atoms with Crippen LogP contribution < -0.4 is 0 Å². The van der Waals surface area contributed by atoms with Crippen LogP contribution in [0.4, 0.5) is 0 Å². The van der Waals surface area contributed by atoms with Crippen molar-refractivity contribution in [1.82, 2.24) is 0 Å². The Bertz CT molecular complexity index is 917. The smallest absolute Gasteiger partial charge is 0.00204 e. The number of benzene rings is 4. The fourth-order valence-corrected chi connectivity index (χ4v) is 3.71. The molecule has 0 atom stereocenters. The van der Waals surface area contributed by atoms with Crippen LogP contribution in [0.3, 0.4) is 0 Å². The van der Waals surface area contributed by atoms with Gasteiger partial charge < -0.3 is 0 Å². The normalized spacial score (nSPS) is 11.9. The number of rotatable bonds is 5. The summed E-state index contributed by atoms with van der Waals surface area (Å²) < 4.78 is 0. The van der Waals surface area contributed by atoms with Crippen molar-refractivity contribution in [2.45, 2.75) is 39.0 Å². The molecule has 0 saturated carbocycles. The Labute approximate surface area is 132 Å². The average molecular weight is 285 g/mol. The van der Waals surface area contributed by atoms with Gasteiger partial charge in [-0.3, -0.25) is 0 Å². The Kier molecular flexibility index (Phi) is 3.46. The van der Waals surface area contributed by atoms with Gasteiger partial charge in [0, 0.05) is 0 Å². The lowest BCUT2D eigenvalue weighted by Gasteiger charge is -2.14. The molecule has 0 bridgehead atoms. The first-order chi connectivity index (χ1) is 10.9. The molecule has 0 aliphatic heterocycles. The third kappa shape index (κ3) is 2.14. The zero-order valence-corrected chi connectivity index (χ0v) is 13.2. The number of hydrogen-bond donors (Lipinski definition) is 0. The number of hydrogen-bond acceptors (Lipinski definition) is 0. The Morgan fingerprint density at radius 2 is 1.82 bits per heavy atom. The lowest BCUT2D eigenvalue weighted by molar-refractivity contribution is 0.668. The highest BCUT2D eigenvalue weighted by Gasteiger charge is 2.11. The van der Waals surface area contributed by atoms with E-state index in [1.165, 1.54) is 70.0 Å². The van der Waals surface area contributed by atoms with Crippen molar-refractivity contribution in [2.24, 2.45) is 0 Å². The summed E-state index contributed by atoms with van der Waals surface area (Å²) in [5.41, 5.74) is 1.51. The second kappa shape index (κ2) is 5.61. The lowest BCUT2D eigenvalue weighted by Crippen LogP contribution is -1.92. The first-order valence-electron chi connectivity index (χ1n) is 8.45. The molecule has 0 aromatic heterocycles. The fraction of sp³-hybridized carbons (Fsp3) is 0.273. The van der Waals surface area contributed by atoms with Gasteiger partial charge in [0.25, 0.3) is 0 Å². The molecule has 0 fully saturated rings. The molecule has 0 heteroatoms. The molecule has 4 aromatic carbocycles. The van der Waals surface area contributed by atoms with E-state index >= 15 is 0 Å². The maximum atomic E-state index is 3.39.